The van der Waals surface area contributed by atoms with Crippen LogP contribution in [0, 0.1) is 0 Å². The zero-order valence-electron chi connectivity index (χ0n) is 51.8. The van der Waals surface area contributed by atoms with Gasteiger partial charge in [-0.25, -0.2) is 9.59 Å². The fourth-order valence-electron chi connectivity index (χ4n) is 11.8. The SMILES string of the molecule is CCCCCCCCCCCCC/C=C/C[C@H](CO[C@H]1CC[C@H](O[C@@H]2OCC[C@H](O[C@]3(C(=O)O)C[C@H](O)[C@@H](NC(C)=O)[C@H]([C@@H](O)CO[C@]4(C(=O)O)C[C@H](O)[C@@H](N)CO4)O3)[C@H]2O)[C@@H](CO)O1)NC(=O)CCCCCCCCCCCCCCCCC. The van der Waals surface area contributed by atoms with Crippen LogP contribution in [0.3, 0.4) is 0 Å². The third-order valence-corrected chi connectivity index (χ3v) is 17.0. The van der Waals surface area contributed by atoms with Gasteiger partial charge in [0.2, 0.25) is 11.8 Å². The van der Waals surface area contributed by atoms with E-state index in [0.29, 0.717) is 25.7 Å². The number of ether oxygens (including phenoxy) is 8. The molecule has 4 fully saturated rings. The van der Waals surface area contributed by atoms with Gasteiger partial charge in [-0.05, 0) is 38.5 Å². The molecule has 0 aliphatic carbocycles. The Kier molecular flexibility index (Phi) is 36.9. The van der Waals surface area contributed by atoms with Gasteiger partial charge in [0.1, 0.15) is 24.4 Å². The maximum Gasteiger partial charge on any atom is 0.364 e. The fourth-order valence-corrected chi connectivity index (χ4v) is 11.8. The van der Waals surface area contributed by atoms with Crippen LogP contribution in [-0.4, -0.2) is 184 Å². The summed E-state index contributed by atoms with van der Waals surface area (Å²) in [4.78, 5) is 51.1. The first-order valence-corrected chi connectivity index (χ1v) is 32.9. The molecule has 2 amide bonds. The van der Waals surface area contributed by atoms with E-state index in [0.717, 1.165) is 39.0 Å². The van der Waals surface area contributed by atoms with Gasteiger partial charge in [-0.15, -0.1) is 0 Å². The number of carbonyl (C=O) groups excluding carboxylic acids is 2. The van der Waals surface area contributed by atoms with E-state index < -0.39 is 136 Å². The molecule has 0 radical (unpaired) electrons. The van der Waals surface area contributed by atoms with Crippen LogP contribution in [0.5, 0.6) is 0 Å². The number of amides is 2. The van der Waals surface area contributed by atoms with Crippen LogP contribution in [-0.2, 0) is 57.1 Å². The molecule has 4 saturated heterocycles. The number of aliphatic hydroxyl groups is 5. The number of unbranched alkanes of at least 4 members (excludes halogenated alkanes) is 25. The smallest absolute Gasteiger partial charge is 0.364 e. The van der Waals surface area contributed by atoms with E-state index in [1.807, 2.05) is 0 Å². The number of nitrogens with two attached hydrogens (primary N) is 1. The molecule has 0 aromatic heterocycles. The molecule has 4 rings (SSSR count). The Balaban J connectivity index is 1.29. The van der Waals surface area contributed by atoms with Crippen molar-refractivity contribution >= 4 is 23.8 Å². The molecule has 22 nitrogen and oxygen atoms in total. The molecule has 4 aliphatic rings. The number of carboxylic acids is 2. The molecule has 0 bridgehead atoms. The summed E-state index contributed by atoms with van der Waals surface area (Å²) >= 11 is 0. The van der Waals surface area contributed by atoms with Crippen molar-refractivity contribution in [3.63, 3.8) is 0 Å². The molecule has 4 heterocycles. The zero-order chi connectivity index (χ0) is 61.9. The highest BCUT2D eigenvalue weighted by atomic mass is 16.8. The van der Waals surface area contributed by atoms with Crippen LogP contribution < -0.4 is 16.4 Å². The predicted octanol–water partition coefficient (Wildman–Crippen LogP) is 7.47. The van der Waals surface area contributed by atoms with Crippen molar-refractivity contribution in [1.82, 2.24) is 10.6 Å². The lowest BCUT2D eigenvalue weighted by molar-refractivity contribution is -0.354. The molecule has 0 unspecified atom stereocenters. The summed E-state index contributed by atoms with van der Waals surface area (Å²) in [5.74, 6) is -9.34. The Morgan fingerprint density at radius 1 is 0.694 bits per heavy atom. The third-order valence-electron chi connectivity index (χ3n) is 17.0. The normalized spacial score (nSPS) is 29.8. The second-order valence-corrected chi connectivity index (χ2v) is 24.4. The highest BCUT2D eigenvalue weighted by Gasteiger charge is 2.58. The van der Waals surface area contributed by atoms with Crippen LogP contribution in [0.4, 0.5) is 0 Å². The van der Waals surface area contributed by atoms with Crippen LogP contribution in [0.15, 0.2) is 12.2 Å². The van der Waals surface area contributed by atoms with Crippen molar-refractivity contribution < 1.29 is 92.8 Å². The third kappa shape index (κ3) is 27.4. The average molecular weight is 1220 g/mol. The summed E-state index contributed by atoms with van der Waals surface area (Å²) < 4.78 is 47.3. The number of nitrogens with one attached hydrogen (secondary N) is 2. The summed E-state index contributed by atoms with van der Waals surface area (Å²) in [6.45, 7) is 3.87. The van der Waals surface area contributed by atoms with Crippen LogP contribution >= 0.6 is 0 Å². The Bertz CT molecular complexity index is 1870. The van der Waals surface area contributed by atoms with E-state index in [9.17, 15) is 54.9 Å². The number of carbonyl (C=O) groups is 4. The van der Waals surface area contributed by atoms with Crippen molar-refractivity contribution in [2.75, 3.05) is 33.0 Å². The summed E-state index contributed by atoms with van der Waals surface area (Å²) in [6, 6.07) is -2.70. The Morgan fingerprint density at radius 2 is 1.25 bits per heavy atom. The van der Waals surface area contributed by atoms with E-state index in [2.05, 4.69) is 36.6 Å². The molecule has 0 aromatic carbocycles. The zero-order valence-corrected chi connectivity index (χ0v) is 51.8. The summed E-state index contributed by atoms with van der Waals surface area (Å²) in [6.07, 6.45) is 24.4. The molecule has 494 valence electrons. The molecule has 15 atom stereocenters. The molecule has 0 aromatic rings. The molecule has 4 aliphatic heterocycles. The Hall–Kier alpha value is -2.94. The van der Waals surface area contributed by atoms with Gasteiger partial charge in [-0.2, -0.15) is 0 Å². The molecule has 22 heteroatoms. The number of aliphatic hydroxyl groups excluding tert-OH is 5. The molecule has 85 heavy (non-hydrogen) atoms. The largest absolute Gasteiger partial charge is 0.477 e. The standard InChI is InChI=1S/C63H113N3O19/c1-4-6-8-10-12-14-16-18-20-22-24-26-28-30-32-34-54(72)66-46(33-31-29-27-25-23-21-19-17-15-13-11-9-7-5-2)42-79-55-36-35-51(53(41-67)82-55)83-59-57(73)52(37-38-78-59)84-63(61(76)77)40-49(70)56(65-45(3)68)58(85-63)50(71)44-81-62(60(74)75)39-48(69)47(64)43-80-62/h29,31,46-53,55-59,67,69-71,73H,4-28,30,32-44,64H2,1-3H3,(H,65,68)(H,66,72)(H,74,75)(H,76,77)/b31-29+/t46-,47+,48+,49+,50+,51+,52+,53-,55-,56-,57-,58+,59+,62+,63-/m1/s1. The first kappa shape index (κ1) is 74.5. The predicted molar refractivity (Wildman–Crippen MR) is 318 cm³/mol. The van der Waals surface area contributed by atoms with Crippen molar-refractivity contribution in [1.29, 1.82) is 0 Å². The molecular formula is C63H113N3O19. The fraction of sp³-hybridized carbons (Fsp3) is 0.905. The monoisotopic (exact) mass is 1220 g/mol. The minimum atomic E-state index is -2.76. The summed E-state index contributed by atoms with van der Waals surface area (Å²) in [5, 5.41) is 81.6. The lowest BCUT2D eigenvalue weighted by atomic mass is 9.89. The minimum Gasteiger partial charge on any atom is -0.477 e. The number of carboxylic acid groups (broad SMARTS) is 2. The van der Waals surface area contributed by atoms with Crippen molar-refractivity contribution in [3.05, 3.63) is 12.2 Å². The van der Waals surface area contributed by atoms with E-state index in [1.165, 1.54) is 141 Å². The summed E-state index contributed by atoms with van der Waals surface area (Å²) in [7, 11) is 0. The average Bonchev–Trinajstić information content (AvgIpc) is 1.47. The minimum absolute atomic E-state index is 0.0206. The van der Waals surface area contributed by atoms with Crippen LogP contribution in [0.1, 0.15) is 239 Å². The Labute approximate surface area is 506 Å². The van der Waals surface area contributed by atoms with Gasteiger partial charge in [-0.1, -0.05) is 180 Å². The second-order valence-electron chi connectivity index (χ2n) is 24.4. The van der Waals surface area contributed by atoms with Gasteiger partial charge in [0.15, 0.2) is 12.6 Å². The van der Waals surface area contributed by atoms with Crippen LogP contribution in [0.25, 0.3) is 0 Å². The van der Waals surface area contributed by atoms with Gasteiger partial charge in [0, 0.05) is 32.6 Å². The molecule has 0 saturated carbocycles. The maximum atomic E-state index is 13.3. The number of aliphatic carboxylic acids is 2. The lowest BCUT2D eigenvalue weighted by Gasteiger charge is -2.48. The van der Waals surface area contributed by atoms with Gasteiger partial charge in [0.25, 0.3) is 11.6 Å². The number of hydrogen-bond donors (Lipinski definition) is 10. The first-order chi connectivity index (χ1) is 41.0. The summed E-state index contributed by atoms with van der Waals surface area (Å²) in [5.41, 5.74) is 5.78. The number of hydrogen-bond acceptors (Lipinski definition) is 18. The highest BCUT2D eigenvalue weighted by Crippen LogP contribution is 2.38. The van der Waals surface area contributed by atoms with Gasteiger partial charge < -0.3 is 90.0 Å². The van der Waals surface area contributed by atoms with E-state index in [4.69, 9.17) is 43.6 Å². The van der Waals surface area contributed by atoms with E-state index in [1.54, 1.807) is 0 Å². The second kappa shape index (κ2) is 42.1. The van der Waals surface area contributed by atoms with E-state index >= 15 is 0 Å². The maximum absolute atomic E-state index is 13.3. The molecular weight excluding hydrogens is 1100 g/mol. The van der Waals surface area contributed by atoms with Gasteiger partial charge in [0.05, 0.1) is 75.6 Å². The first-order valence-electron chi connectivity index (χ1n) is 32.9. The lowest BCUT2D eigenvalue weighted by Crippen LogP contribution is -2.68. The molecule has 11 N–H and O–H groups in total. The van der Waals surface area contributed by atoms with Crippen LogP contribution in [0.2, 0.25) is 0 Å². The quantitative estimate of drug-likeness (QED) is 0.0209. The topological polar surface area (TPSA) is 334 Å². The molecule has 0 spiro atoms. The number of rotatable bonds is 46. The Morgan fingerprint density at radius 3 is 1.79 bits per heavy atom. The highest BCUT2D eigenvalue weighted by molar-refractivity contribution is 5.77. The van der Waals surface area contributed by atoms with Gasteiger partial charge >= 0.3 is 11.9 Å². The van der Waals surface area contributed by atoms with Crippen molar-refractivity contribution in [3.8, 4) is 0 Å². The van der Waals surface area contributed by atoms with E-state index in [-0.39, 0.29) is 31.6 Å². The van der Waals surface area contributed by atoms with Crippen molar-refractivity contribution in [2.24, 2.45) is 5.73 Å². The van der Waals surface area contributed by atoms with Gasteiger partial charge in [-0.3, -0.25) is 9.59 Å². The number of allylic oxidation sites excluding steroid dienone is 1. The van der Waals surface area contributed by atoms with Crippen molar-refractivity contribution in [2.45, 2.75) is 330 Å².